The molecule has 2 fully saturated rings. The average Bonchev–Trinajstić information content (AvgIpc) is 3.12. The minimum absolute atomic E-state index is 0.0734. The second kappa shape index (κ2) is 9.29. The van der Waals surface area contributed by atoms with Crippen LogP contribution in [0.2, 0.25) is 0 Å². The number of pyridine rings is 1. The number of aromatic nitrogens is 1. The van der Waals surface area contributed by atoms with Crippen LogP contribution in [0.25, 0.3) is 11.3 Å². The van der Waals surface area contributed by atoms with Crippen molar-refractivity contribution in [2.45, 2.75) is 38.1 Å². The van der Waals surface area contributed by atoms with Crippen molar-refractivity contribution in [2.75, 3.05) is 26.8 Å². The van der Waals surface area contributed by atoms with Crippen molar-refractivity contribution in [3.05, 3.63) is 52.7 Å². The number of fused-ring (bicyclic) bond motifs is 1. The van der Waals surface area contributed by atoms with Gasteiger partial charge in [0.1, 0.15) is 6.04 Å². The first-order valence-corrected chi connectivity index (χ1v) is 11.7. The minimum atomic E-state index is -4.62. The van der Waals surface area contributed by atoms with Crippen LogP contribution in [0, 0.1) is 5.92 Å². The Labute approximate surface area is 205 Å². The maximum Gasteiger partial charge on any atom is 0.418 e. The molecular formula is C25H25F3N4O4. The molecule has 3 amide bonds. The maximum atomic E-state index is 14.3. The Morgan fingerprint density at radius 1 is 1.17 bits per heavy atom. The van der Waals surface area contributed by atoms with Crippen LogP contribution < -0.4 is 5.32 Å². The summed E-state index contributed by atoms with van der Waals surface area (Å²) in [6, 6.07) is 5.09. The second-order valence-electron chi connectivity index (χ2n) is 9.48. The number of carbonyl (C=O) groups is 3. The number of rotatable bonds is 6. The third kappa shape index (κ3) is 4.48. The fourth-order valence-corrected chi connectivity index (χ4v) is 5.28. The number of nitrogens with zero attached hydrogens (tertiary/aromatic N) is 3. The number of piperidine rings is 1. The third-order valence-electron chi connectivity index (χ3n) is 6.95. The van der Waals surface area contributed by atoms with Gasteiger partial charge < -0.3 is 9.64 Å². The van der Waals surface area contributed by atoms with Gasteiger partial charge in [-0.25, -0.2) is 0 Å². The molecule has 0 bridgehead atoms. The van der Waals surface area contributed by atoms with E-state index >= 15 is 0 Å². The Morgan fingerprint density at radius 2 is 1.94 bits per heavy atom. The number of amides is 3. The number of methoxy groups -OCH3 is 1. The Balaban J connectivity index is 1.43. The van der Waals surface area contributed by atoms with E-state index in [0.717, 1.165) is 0 Å². The molecule has 1 N–H and O–H groups in total. The van der Waals surface area contributed by atoms with E-state index < -0.39 is 23.7 Å². The topological polar surface area (TPSA) is 91.8 Å². The summed E-state index contributed by atoms with van der Waals surface area (Å²) in [7, 11) is 1.60. The third-order valence-corrected chi connectivity index (χ3v) is 6.95. The molecule has 0 saturated carbocycles. The average molecular weight is 502 g/mol. The molecule has 0 spiro atoms. The molecule has 1 aromatic carbocycles. The van der Waals surface area contributed by atoms with Gasteiger partial charge in [-0.3, -0.25) is 29.6 Å². The summed E-state index contributed by atoms with van der Waals surface area (Å²) >= 11 is 0. The number of halogens is 3. The van der Waals surface area contributed by atoms with Crippen molar-refractivity contribution in [1.29, 1.82) is 0 Å². The van der Waals surface area contributed by atoms with Gasteiger partial charge >= 0.3 is 6.18 Å². The highest BCUT2D eigenvalue weighted by atomic mass is 19.4. The van der Waals surface area contributed by atoms with Crippen LogP contribution in [0.1, 0.15) is 39.9 Å². The number of likely N-dealkylation sites (tertiary alicyclic amines) is 1. The van der Waals surface area contributed by atoms with Crippen LogP contribution in [0.5, 0.6) is 0 Å². The van der Waals surface area contributed by atoms with Crippen molar-refractivity contribution in [2.24, 2.45) is 5.92 Å². The van der Waals surface area contributed by atoms with E-state index in [1.165, 1.54) is 29.3 Å². The monoisotopic (exact) mass is 502 g/mol. The SMILES string of the molecule is COCC1CN(Cc2ccnc(-c3ccc4c(c3)CN(C3CCC(=O)NC3=O)C4=O)c2C(F)(F)F)C1. The van der Waals surface area contributed by atoms with Gasteiger partial charge in [-0.15, -0.1) is 0 Å². The van der Waals surface area contributed by atoms with Gasteiger partial charge in [0.2, 0.25) is 11.8 Å². The summed E-state index contributed by atoms with van der Waals surface area (Å²) in [5.41, 5.74) is 0.271. The number of alkyl halides is 3. The van der Waals surface area contributed by atoms with Crippen molar-refractivity contribution in [1.82, 2.24) is 20.1 Å². The van der Waals surface area contributed by atoms with Crippen molar-refractivity contribution < 1.29 is 32.3 Å². The molecule has 1 aromatic heterocycles. The van der Waals surface area contributed by atoms with Gasteiger partial charge in [0, 0.05) is 63.0 Å². The highest BCUT2D eigenvalue weighted by Gasteiger charge is 2.41. The zero-order chi connectivity index (χ0) is 25.6. The van der Waals surface area contributed by atoms with Crippen molar-refractivity contribution in [3.8, 4) is 11.3 Å². The van der Waals surface area contributed by atoms with Crippen LogP contribution >= 0.6 is 0 Å². The number of carbonyl (C=O) groups excluding carboxylic acids is 3. The minimum Gasteiger partial charge on any atom is -0.384 e. The molecule has 2 aromatic rings. The Bertz CT molecular complexity index is 1230. The lowest BCUT2D eigenvalue weighted by molar-refractivity contribution is -0.139. The highest BCUT2D eigenvalue weighted by molar-refractivity contribution is 6.05. The van der Waals surface area contributed by atoms with Crippen molar-refractivity contribution >= 4 is 17.7 Å². The van der Waals surface area contributed by atoms with Gasteiger partial charge in [-0.2, -0.15) is 13.2 Å². The summed E-state index contributed by atoms with van der Waals surface area (Å²) < 4.78 is 47.9. The molecule has 8 nitrogen and oxygen atoms in total. The predicted octanol–water partition coefficient (Wildman–Crippen LogP) is 2.61. The van der Waals surface area contributed by atoms with E-state index in [0.29, 0.717) is 36.7 Å². The number of nitrogens with one attached hydrogen (secondary N) is 1. The molecule has 3 aliphatic rings. The van der Waals surface area contributed by atoms with Gasteiger partial charge in [-0.1, -0.05) is 6.07 Å². The molecule has 5 rings (SSSR count). The Morgan fingerprint density at radius 3 is 2.64 bits per heavy atom. The van der Waals surface area contributed by atoms with E-state index in [-0.39, 0.29) is 54.6 Å². The van der Waals surface area contributed by atoms with Crippen LogP contribution in [0.3, 0.4) is 0 Å². The molecule has 11 heteroatoms. The fraction of sp³-hybridized carbons (Fsp3) is 0.440. The molecule has 1 unspecified atom stereocenters. The zero-order valence-corrected chi connectivity index (χ0v) is 19.6. The van der Waals surface area contributed by atoms with Crippen LogP contribution in [-0.2, 0) is 33.6 Å². The first-order chi connectivity index (χ1) is 17.2. The van der Waals surface area contributed by atoms with Crippen molar-refractivity contribution in [3.63, 3.8) is 0 Å². The summed E-state index contributed by atoms with van der Waals surface area (Å²) in [6.07, 6.45) is -2.92. The normalized spacial score (nSPS) is 20.9. The van der Waals surface area contributed by atoms with Gasteiger partial charge in [0.05, 0.1) is 17.9 Å². The van der Waals surface area contributed by atoms with Crippen LogP contribution in [0.15, 0.2) is 30.5 Å². The first-order valence-electron chi connectivity index (χ1n) is 11.7. The quantitative estimate of drug-likeness (QED) is 0.611. The first kappa shape index (κ1) is 24.4. The van der Waals surface area contributed by atoms with E-state index in [1.807, 2.05) is 4.90 Å². The number of hydrogen-bond donors (Lipinski definition) is 1. The summed E-state index contributed by atoms with van der Waals surface area (Å²) in [6.45, 7) is 2.13. The standard InChI is InChI=1S/C25H25F3N4O4/c1-36-13-14-9-31(10-14)11-16-6-7-29-22(21(16)25(26,27)28)15-2-3-18-17(8-15)12-32(24(18)35)19-4-5-20(33)30-23(19)34/h2-3,6-8,14,19H,4-5,9-13H2,1H3,(H,30,33,34). The smallest absolute Gasteiger partial charge is 0.384 e. The Kier molecular flexibility index (Phi) is 6.29. The van der Waals surface area contributed by atoms with E-state index in [2.05, 4.69) is 10.3 Å². The highest BCUT2D eigenvalue weighted by Crippen LogP contribution is 2.40. The molecule has 1 atom stereocenters. The number of imide groups is 1. The van der Waals surface area contributed by atoms with Gasteiger partial charge in [0.15, 0.2) is 0 Å². The number of benzene rings is 1. The van der Waals surface area contributed by atoms with E-state index in [4.69, 9.17) is 4.74 Å². The lowest BCUT2D eigenvalue weighted by Crippen LogP contribution is -2.52. The van der Waals surface area contributed by atoms with Crippen LogP contribution in [-0.4, -0.2) is 65.4 Å². The van der Waals surface area contributed by atoms with Gasteiger partial charge in [-0.05, 0) is 35.7 Å². The molecule has 3 aliphatic heterocycles. The number of hydrogen-bond acceptors (Lipinski definition) is 6. The molecule has 0 radical (unpaired) electrons. The van der Waals surface area contributed by atoms with E-state index in [1.54, 1.807) is 13.2 Å². The second-order valence-corrected chi connectivity index (χ2v) is 9.48. The molecule has 0 aliphatic carbocycles. The summed E-state index contributed by atoms with van der Waals surface area (Å²) in [4.78, 5) is 44.1. The number of ether oxygens (including phenoxy) is 1. The zero-order valence-electron chi connectivity index (χ0n) is 19.6. The molecule has 190 valence electrons. The largest absolute Gasteiger partial charge is 0.418 e. The molecular weight excluding hydrogens is 477 g/mol. The maximum absolute atomic E-state index is 14.3. The fourth-order valence-electron chi connectivity index (χ4n) is 5.28. The lowest BCUT2D eigenvalue weighted by Gasteiger charge is -2.39. The van der Waals surface area contributed by atoms with Crippen LogP contribution in [0.4, 0.5) is 13.2 Å². The predicted molar refractivity (Wildman–Crippen MR) is 121 cm³/mol. The molecule has 2 saturated heterocycles. The summed E-state index contributed by atoms with van der Waals surface area (Å²) in [5, 5.41) is 2.24. The lowest BCUT2D eigenvalue weighted by atomic mass is 9.95. The molecule has 36 heavy (non-hydrogen) atoms. The van der Waals surface area contributed by atoms with Gasteiger partial charge in [0.25, 0.3) is 5.91 Å². The van der Waals surface area contributed by atoms with E-state index in [9.17, 15) is 27.6 Å². The Hall–Kier alpha value is -3.31. The summed E-state index contributed by atoms with van der Waals surface area (Å²) in [5.74, 6) is -1.000. The molecule has 4 heterocycles.